The van der Waals surface area contributed by atoms with E-state index < -0.39 is 6.04 Å². The second kappa shape index (κ2) is 8.17. The Morgan fingerprint density at radius 3 is 2.46 bits per heavy atom. The van der Waals surface area contributed by atoms with Crippen molar-refractivity contribution in [3.8, 4) is 0 Å². The fourth-order valence-corrected chi connectivity index (χ4v) is 2.91. The van der Waals surface area contributed by atoms with Crippen molar-refractivity contribution >= 4 is 23.3 Å². The number of rotatable bonds is 6. The Hall–Kier alpha value is -2.63. The molecule has 1 amide bonds. The largest absolute Gasteiger partial charge is 0.360 e. The molecule has 2 N–H and O–H groups in total. The zero-order chi connectivity index (χ0) is 18.5. The Morgan fingerprint density at radius 2 is 1.81 bits per heavy atom. The molecule has 0 saturated carbocycles. The maximum Gasteiger partial charge on any atom is 0.247 e. The van der Waals surface area contributed by atoms with Gasteiger partial charge in [-0.05, 0) is 37.1 Å². The SMILES string of the molecule is Cc1cc(NC(=O)C(NC(C)c2cccc(Cl)c2)c2ccccc2)no1. The van der Waals surface area contributed by atoms with Crippen LogP contribution in [-0.2, 0) is 4.79 Å². The second-order valence-electron chi connectivity index (χ2n) is 6.10. The van der Waals surface area contributed by atoms with Crippen LogP contribution in [0, 0.1) is 6.92 Å². The lowest BCUT2D eigenvalue weighted by atomic mass is 10.0. The van der Waals surface area contributed by atoms with Crippen molar-refractivity contribution in [2.24, 2.45) is 0 Å². The maximum absolute atomic E-state index is 12.9. The smallest absolute Gasteiger partial charge is 0.247 e. The number of nitrogens with zero attached hydrogens (tertiary/aromatic N) is 1. The van der Waals surface area contributed by atoms with Gasteiger partial charge in [-0.3, -0.25) is 10.1 Å². The van der Waals surface area contributed by atoms with E-state index in [-0.39, 0.29) is 11.9 Å². The maximum atomic E-state index is 12.9. The molecule has 3 aromatic rings. The van der Waals surface area contributed by atoms with Gasteiger partial charge in [0.25, 0.3) is 0 Å². The lowest BCUT2D eigenvalue weighted by Gasteiger charge is -2.23. The van der Waals surface area contributed by atoms with Crippen LogP contribution in [0.2, 0.25) is 5.02 Å². The van der Waals surface area contributed by atoms with Gasteiger partial charge in [-0.1, -0.05) is 59.2 Å². The summed E-state index contributed by atoms with van der Waals surface area (Å²) in [4.78, 5) is 12.9. The molecular weight excluding hydrogens is 350 g/mol. The number of aromatic nitrogens is 1. The van der Waals surface area contributed by atoms with E-state index >= 15 is 0 Å². The summed E-state index contributed by atoms with van der Waals surface area (Å²) in [6.07, 6.45) is 0. The Bertz CT molecular complexity index is 880. The molecule has 0 aliphatic heterocycles. The minimum Gasteiger partial charge on any atom is -0.360 e. The lowest BCUT2D eigenvalue weighted by Crippen LogP contribution is -2.34. The Balaban J connectivity index is 1.82. The molecule has 0 saturated heterocycles. The normalized spacial score (nSPS) is 13.2. The highest BCUT2D eigenvalue weighted by atomic mass is 35.5. The number of aryl methyl sites for hydroxylation is 1. The van der Waals surface area contributed by atoms with Gasteiger partial charge in [0.15, 0.2) is 5.82 Å². The van der Waals surface area contributed by atoms with Crippen molar-refractivity contribution < 1.29 is 9.32 Å². The van der Waals surface area contributed by atoms with Crippen molar-refractivity contribution in [2.75, 3.05) is 5.32 Å². The van der Waals surface area contributed by atoms with Crippen LogP contribution in [0.5, 0.6) is 0 Å². The van der Waals surface area contributed by atoms with Crippen molar-refractivity contribution in [3.05, 3.63) is 82.6 Å². The summed E-state index contributed by atoms with van der Waals surface area (Å²) in [6, 6.07) is 18.2. The van der Waals surface area contributed by atoms with Gasteiger partial charge in [0.1, 0.15) is 11.8 Å². The van der Waals surface area contributed by atoms with Gasteiger partial charge in [0.05, 0.1) is 0 Å². The average Bonchev–Trinajstić information content (AvgIpc) is 3.04. The van der Waals surface area contributed by atoms with Crippen molar-refractivity contribution in [1.29, 1.82) is 0 Å². The van der Waals surface area contributed by atoms with Gasteiger partial charge in [-0.25, -0.2) is 0 Å². The van der Waals surface area contributed by atoms with E-state index in [1.54, 1.807) is 13.0 Å². The molecule has 2 atom stereocenters. The molecule has 0 fully saturated rings. The Kier molecular flexibility index (Phi) is 5.71. The number of amides is 1. The quantitative estimate of drug-likeness (QED) is 0.662. The highest BCUT2D eigenvalue weighted by Gasteiger charge is 2.24. The number of carbonyl (C=O) groups excluding carboxylic acids is 1. The minimum atomic E-state index is -0.554. The van der Waals surface area contributed by atoms with Gasteiger partial charge in [-0.15, -0.1) is 0 Å². The standard InChI is InChI=1S/C20H20ClN3O2/c1-13-11-18(24-26-13)23-20(25)19(15-7-4-3-5-8-15)22-14(2)16-9-6-10-17(21)12-16/h3-12,14,19,22H,1-2H3,(H,23,24,25). The van der Waals surface area contributed by atoms with Crippen molar-refractivity contribution in [1.82, 2.24) is 10.5 Å². The average molecular weight is 370 g/mol. The number of hydrogen-bond donors (Lipinski definition) is 2. The summed E-state index contributed by atoms with van der Waals surface area (Å²) in [5, 5.41) is 10.7. The number of nitrogens with one attached hydrogen (secondary N) is 2. The molecule has 1 heterocycles. The topological polar surface area (TPSA) is 67.2 Å². The van der Waals surface area contributed by atoms with Crippen molar-refractivity contribution in [3.63, 3.8) is 0 Å². The van der Waals surface area contributed by atoms with Crippen LogP contribution in [0.25, 0.3) is 0 Å². The third-order valence-corrected chi connectivity index (χ3v) is 4.27. The molecular formula is C20H20ClN3O2. The van der Waals surface area contributed by atoms with Gasteiger partial charge >= 0.3 is 0 Å². The first-order chi connectivity index (χ1) is 12.5. The highest BCUT2D eigenvalue weighted by Crippen LogP contribution is 2.23. The second-order valence-corrected chi connectivity index (χ2v) is 6.54. The summed E-state index contributed by atoms with van der Waals surface area (Å²) in [5.74, 6) is 0.820. The minimum absolute atomic E-state index is 0.0799. The van der Waals surface area contributed by atoms with E-state index in [2.05, 4.69) is 15.8 Å². The Labute approximate surface area is 157 Å². The van der Waals surface area contributed by atoms with Gasteiger partial charge in [0, 0.05) is 17.1 Å². The molecule has 0 radical (unpaired) electrons. The van der Waals surface area contributed by atoms with E-state index in [0.717, 1.165) is 11.1 Å². The van der Waals surface area contributed by atoms with Gasteiger partial charge in [0.2, 0.25) is 5.91 Å². The molecule has 1 aromatic heterocycles. The van der Waals surface area contributed by atoms with Crippen LogP contribution in [0.3, 0.4) is 0 Å². The number of halogens is 1. The summed E-state index contributed by atoms with van der Waals surface area (Å²) in [6.45, 7) is 3.77. The zero-order valence-corrected chi connectivity index (χ0v) is 15.3. The van der Waals surface area contributed by atoms with E-state index in [9.17, 15) is 4.79 Å². The molecule has 5 nitrogen and oxygen atoms in total. The molecule has 2 unspecified atom stereocenters. The van der Waals surface area contributed by atoms with E-state index in [0.29, 0.717) is 16.6 Å². The predicted molar refractivity (Wildman–Crippen MR) is 102 cm³/mol. The highest BCUT2D eigenvalue weighted by molar-refractivity contribution is 6.30. The lowest BCUT2D eigenvalue weighted by molar-refractivity contribution is -0.118. The van der Waals surface area contributed by atoms with E-state index in [1.165, 1.54) is 0 Å². The summed E-state index contributed by atoms with van der Waals surface area (Å²) < 4.78 is 5.01. The fraction of sp³-hybridized carbons (Fsp3) is 0.200. The summed E-state index contributed by atoms with van der Waals surface area (Å²) >= 11 is 6.09. The number of hydrogen-bond acceptors (Lipinski definition) is 4. The number of carbonyl (C=O) groups is 1. The van der Waals surface area contributed by atoms with Crippen LogP contribution in [0.4, 0.5) is 5.82 Å². The van der Waals surface area contributed by atoms with Crippen LogP contribution < -0.4 is 10.6 Å². The fourth-order valence-electron chi connectivity index (χ4n) is 2.71. The third kappa shape index (κ3) is 4.50. The van der Waals surface area contributed by atoms with Crippen molar-refractivity contribution in [2.45, 2.75) is 25.9 Å². The van der Waals surface area contributed by atoms with E-state index in [1.807, 2.05) is 61.5 Å². The zero-order valence-electron chi connectivity index (χ0n) is 14.6. The first-order valence-electron chi connectivity index (χ1n) is 8.33. The van der Waals surface area contributed by atoms with Crippen LogP contribution in [0.1, 0.15) is 35.9 Å². The van der Waals surface area contributed by atoms with Gasteiger partial charge in [-0.2, -0.15) is 0 Å². The molecule has 0 aliphatic carbocycles. The molecule has 0 bridgehead atoms. The first-order valence-corrected chi connectivity index (χ1v) is 8.71. The van der Waals surface area contributed by atoms with Crippen LogP contribution >= 0.6 is 11.6 Å². The number of anilines is 1. The molecule has 26 heavy (non-hydrogen) atoms. The molecule has 6 heteroatoms. The molecule has 0 aliphatic rings. The van der Waals surface area contributed by atoms with Gasteiger partial charge < -0.3 is 9.84 Å². The molecule has 134 valence electrons. The van der Waals surface area contributed by atoms with Crippen LogP contribution in [-0.4, -0.2) is 11.1 Å². The Morgan fingerprint density at radius 1 is 1.08 bits per heavy atom. The third-order valence-electron chi connectivity index (χ3n) is 4.04. The predicted octanol–water partition coefficient (Wildman–Crippen LogP) is 4.67. The number of benzene rings is 2. The first kappa shape index (κ1) is 18.2. The van der Waals surface area contributed by atoms with Crippen LogP contribution in [0.15, 0.2) is 65.2 Å². The summed E-state index contributed by atoms with van der Waals surface area (Å²) in [5.41, 5.74) is 1.86. The monoisotopic (exact) mass is 369 g/mol. The molecule has 0 spiro atoms. The summed E-state index contributed by atoms with van der Waals surface area (Å²) in [7, 11) is 0. The molecule has 2 aromatic carbocycles. The van der Waals surface area contributed by atoms with E-state index in [4.69, 9.17) is 16.1 Å². The molecule has 3 rings (SSSR count).